The van der Waals surface area contributed by atoms with Crippen molar-refractivity contribution in [2.45, 2.75) is 0 Å². The van der Waals surface area contributed by atoms with Crippen LogP contribution >= 0.6 is 11.6 Å². The van der Waals surface area contributed by atoms with E-state index in [0.29, 0.717) is 5.02 Å². The minimum Gasteiger partial charge on any atom is -0.289 e. The van der Waals surface area contributed by atoms with Gasteiger partial charge in [-0.25, -0.2) is 0 Å². The number of hydrogen-bond acceptors (Lipinski definition) is 1. The van der Waals surface area contributed by atoms with Gasteiger partial charge >= 0.3 is 0 Å². The third kappa shape index (κ3) is 2.06. The van der Waals surface area contributed by atoms with Gasteiger partial charge in [-0.2, -0.15) is 0 Å². The van der Waals surface area contributed by atoms with Gasteiger partial charge in [0.05, 0.1) is 0 Å². The molecule has 0 spiro atoms. The number of rotatable bonds is 1. The third-order valence-electron chi connectivity index (χ3n) is 4.87. The van der Waals surface area contributed by atoms with Crippen molar-refractivity contribution in [3.63, 3.8) is 0 Å². The lowest BCUT2D eigenvalue weighted by atomic mass is 9.90. The summed E-state index contributed by atoms with van der Waals surface area (Å²) in [5.41, 5.74) is 5.61. The molecule has 0 saturated carbocycles. The van der Waals surface area contributed by atoms with E-state index in [1.807, 2.05) is 60.7 Å². The first-order chi connectivity index (χ1) is 12.2. The molecule has 1 nitrogen and oxygen atoms in total. The van der Waals surface area contributed by atoms with Gasteiger partial charge in [0.1, 0.15) is 0 Å². The summed E-state index contributed by atoms with van der Waals surface area (Å²) in [7, 11) is 0. The Morgan fingerprint density at radius 2 is 1.32 bits per heavy atom. The molecule has 1 aliphatic rings. The summed E-state index contributed by atoms with van der Waals surface area (Å²) in [5.74, 6) is 0.0984. The van der Waals surface area contributed by atoms with Gasteiger partial charge in [-0.1, -0.05) is 72.3 Å². The van der Waals surface area contributed by atoms with E-state index in [0.717, 1.165) is 44.2 Å². The van der Waals surface area contributed by atoms with Crippen molar-refractivity contribution < 1.29 is 4.79 Å². The van der Waals surface area contributed by atoms with Crippen molar-refractivity contribution in [1.29, 1.82) is 0 Å². The van der Waals surface area contributed by atoms with Crippen LogP contribution in [0.25, 0.3) is 33.0 Å². The largest absolute Gasteiger partial charge is 0.289 e. The molecule has 5 rings (SSSR count). The molecule has 4 aromatic rings. The molecule has 0 amide bonds. The maximum absolute atomic E-state index is 13.2. The zero-order valence-electron chi connectivity index (χ0n) is 13.3. The molecular weight excluding hydrogens is 328 g/mol. The van der Waals surface area contributed by atoms with Gasteiger partial charge < -0.3 is 0 Å². The molecule has 1 aliphatic carbocycles. The van der Waals surface area contributed by atoms with Gasteiger partial charge in [0.25, 0.3) is 0 Å². The monoisotopic (exact) mass is 340 g/mol. The SMILES string of the molecule is O=C1c2ccccc2-c2c1c(-c1ccc(Cl)cc1)cc1ccccc21. The highest BCUT2D eigenvalue weighted by Crippen LogP contribution is 2.45. The molecule has 0 radical (unpaired) electrons. The number of benzene rings is 4. The predicted molar refractivity (Wildman–Crippen MR) is 103 cm³/mol. The molecule has 25 heavy (non-hydrogen) atoms. The van der Waals surface area contributed by atoms with Crippen molar-refractivity contribution in [2.75, 3.05) is 0 Å². The molecule has 0 fully saturated rings. The molecule has 0 N–H and O–H groups in total. The fourth-order valence-corrected chi connectivity index (χ4v) is 3.88. The lowest BCUT2D eigenvalue weighted by molar-refractivity contribution is 0.104. The van der Waals surface area contributed by atoms with Gasteiger partial charge in [0.2, 0.25) is 0 Å². The number of hydrogen-bond donors (Lipinski definition) is 0. The molecule has 0 aromatic heterocycles. The number of carbonyl (C=O) groups excluding carboxylic acids is 1. The number of carbonyl (C=O) groups is 1. The maximum Gasteiger partial charge on any atom is 0.194 e. The Labute approximate surface area is 150 Å². The van der Waals surface area contributed by atoms with Crippen LogP contribution in [0.15, 0.2) is 78.9 Å². The maximum atomic E-state index is 13.2. The lowest BCUT2D eigenvalue weighted by Crippen LogP contribution is -1.98. The first-order valence-corrected chi connectivity index (χ1v) is 8.57. The van der Waals surface area contributed by atoms with E-state index in [1.54, 1.807) is 0 Å². The Morgan fingerprint density at radius 1 is 0.640 bits per heavy atom. The van der Waals surface area contributed by atoms with Crippen LogP contribution in [0.2, 0.25) is 5.02 Å². The van der Waals surface area contributed by atoms with Gasteiger partial charge in [-0.15, -0.1) is 0 Å². The second-order valence-corrected chi connectivity index (χ2v) is 6.71. The van der Waals surface area contributed by atoms with Crippen LogP contribution in [0.4, 0.5) is 0 Å². The lowest BCUT2D eigenvalue weighted by Gasteiger charge is -2.12. The van der Waals surface area contributed by atoms with E-state index in [9.17, 15) is 4.79 Å². The Hall–Kier alpha value is -2.90. The molecule has 4 aromatic carbocycles. The van der Waals surface area contributed by atoms with Gasteiger partial charge in [0, 0.05) is 21.7 Å². The quantitative estimate of drug-likeness (QED) is 0.346. The highest BCUT2D eigenvalue weighted by Gasteiger charge is 2.31. The van der Waals surface area contributed by atoms with E-state index in [-0.39, 0.29) is 5.78 Å². The molecular formula is C23H13ClO. The summed E-state index contributed by atoms with van der Waals surface area (Å²) in [6.07, 6.45) is 0. The predicted octanol–water partition coefficient (Wildman–Crippen LogP) is 6.37. The summed E-state index contributed by atoms with van der Waals surface area (Å²) < 4.78 is 0. The summed E-state index contributed by atoms with van der Waals surface area (Å²) in [4.78, 5) is 13.2. The first-order valence-electron chi connectivity index (χ1n) is 8.20. The topological polar surface area (TPSA) is 17.1 Å². The summed E-state index contributed by atoms with van der Waals surface area (Å²) in [5, 5.41) is 2.94. The molecule has 0 unspecified atom stereocenters. The molecule has 118 valence electrons. The zero-order valence-corrected chi connectivity index (χ0v) is 14.0. The third-order valence-corrected chi connectivity index (χ3v) is 5.12. The second-order valence-electron chi connectivity index (χ2n) is 6.28. The zero-order chi connectivity index (χ0) is 17.0. The molecule has 0 bridgehead atoms. The van der Waals surface area contributed by atoms with E-state index in [1.165, 1.54) is 0 Å². The molecule has 0 saturated heterocycles. The minimum atomic E-state index is 0.0984. The first kappa shape index (κ1) is 14.4. The average molecular weight is 341 g/mol. The van der Waals surface area contributed by atoms with Crippen molar-refractivity contribution in [2.24, 2.45) is 0 Å². The van der Waals surface area contributed by atoms with Crippen LogP contribution in [-0.2, 0) is 0 Å². The highest BCUT2D eigenvalue weighted by molar-refractivity contribution is 6.31. The van der Waals surface area contributed by atoms with E-state index < -0.39 is 0 Å². The van der Waals surface area contributed by atoms with Crippen LogP contribution in [0, 0.1) is 0 Å². The normalized spacial score (nSPS) is 12.3. The molecule has 2 heteroatoms. The van der Waals surface area contributed by atoms with E-state index in [4.69, 9.17) is 11.6 Å². The van der Waals surface area contributed by atoms with E-state index >= 15 is 0 Å². The van der Waals surface area contributed by atoms with Crippen molar-refractivity contribution in [3.8, 4) is 22.3 Å². The second kappa shape index (κ2) is 5.30. The summed E-state index contributed by atoms with van der Waals surface area (Å²) >= 11 is 6.05. The minimum absolute atomic E-state index is 0.0984. The van der Waals surface area contributed by atoms with Crippen molar-refractivity contribution >= 4 is 28.2 Å². The standard InChI is InChI=1S/C23H13ClO/c24-16-11-9-14(10-12-16)20-13-15-5-1-2-6-17(15)21-18-7-3-4-8-19(18)23(25)22(20)21/h1-13H. The van der Waals surface area contributed by atoms with Crippen LogP contribution in [0.3, 0.4) is 0 Å². The molecule has 0 aliphatic heterocycles. The van der Waals surface area contributed by atoms with Gasteiger partial charge in [-0.05, 0) is 45.7 Å². The van der Waals surface area contributed by atoms with Crippen LogP contribution in [-0.4, -0.2) is 5.78 Å². The van der Waals surface area contributed by atoms with Crippen LogP contribution in [0.5, 0.6) is 0 Å². The van der Waals surface area contributed by atoms with Crippen molar-refractivity contribution in [1.82, 2.24) is 0 Å². The fourth-order valence-electron chi connectivity index (χ4n) is 3.75. The highest BCUT2D eigenvalue weighted by atomic mass is 35.5. The Balaban J connectivity index is 1.94. The Bertz CT molecular complexity index is 1160. The number of fused-ring (bicyclic) bond motifs is 5. The van der Waals surface area contributed by atoms with E-state index in [2.05, 4.69) is 18.2 Å². The molecule has 0 heterocycles. The average Bonchev–Trinajstić information content (AvgIpc) is 2.96. The smallest absolute Gasteiger partial charge is 0.194 e. The van der Waals surface area contributed by atoms with Crippen LogP contribution < -0.4 is 0 Å². The summed E-state index contributed by atoms with van der Waals surface area (Å²) in [6, 6.07) is 25.9. The molecule has 0 atom stereocenters. The van der Waals surface area contributed by atoms with Gasteiger partial charge in [0.15, 0.2) is 5.78 Å². The Morgan fingerprint density at radius 3 is 2.12 bits per heavy atom. The van der Waals surface area contributed by atoms with Crippen LogP contribution in [0.1, 0.15) is 15.9 Å². The van der Waals surface area contributed by atoms with Gasteiger partial charge in [-0.3, -0.25) is 4.79 Å². The Kier molecular flexibility index (Phi) is 3.06. The number of ketones is 1. The summed E-state index contributed by atoms with van der Waals surface area (Å²) in [6.45, 7) is 0. The fraction of sp³-hybridized carbons (Fsp3) is 0. The number of halogens is 1. The van der Waals surface area contributed by atoms with Crippen molar-refractivity contribution in [3.05, 3.63) is 95.0 Å².